The fraction of sp³-hybridized carbons (Fsp3) is 0.217. The quantitative estimate of drug-likeness (QED) is 0.446. The predicted octanol–water partition coefficient (Wildman–Crippen LogP) is 3.61. The van der Waals surface area contributed by atoms with E-state index in [1.807, 2.05) is 42.7 Å². The molecule has 4 aromatic rings. The summed E-state index contributed by atoms with van der Waals surface area (Å²) in [4.78, 5) is 18.9. The minimum atomic E-state index is 0.222. The van der Waals surface area contributed by atoms with Crippen LogP contribution in [-0.2, 0) is 6.54 Å². The molecule has 0 aliphatic carbocycles. The highest BCUT2D eigenvalue weighted by Crippen LogP contribution is 2.25. The van der Waals surface area contributed by atoms with Crippen molar-refractivity contribution in [1.29, 1.82) is 5.41 Å². The van der Waals surface area contributed by atoms with Crippen LogP contribution >= 0.6 is 0 Å². The van der Waals surface area contributed by atoms with Gasteiger partial charge in [0.15, 0.2) is 5.82 Å². The van der Waals surface area contributed by atoms with Gasteiger partial charge in [0, 0.05) is 41.8 Å². The first-order valence-corrected chi connectivity index (χ1v) is 10.1. The number of benzene rings is 1. The van der Waals surface area contributed by atoms with Gasteiger partial charge in [-0.2, -0.15) is 0 Å². The predicted molar refractivity (Wildman–Crippen MR) is 118 cm³/mol. The maximum Gasteiger partial charge on any atom is 0.157 e. The van der Waals surface area contributed by atoms with Crippen LogP contribution in [-0.4, -0.2) is 43.6 Å². The van der Waals surface area contributed by atoms with E-state index in [0.717, 1.165) is 41.8 Å². The van der Waals surface area contributed by atoms with E-state index in [2.05, 4.69) is 30.9 Å². The number of anilines is 1. The van der Waals surface area contributed by atoms with Crippen molar-refractivity contribution in [3.63, 3.8) is 0 Å². The Morgan fingerprint density at radius 3 is 2.70 bits per heavy atom. The van der Waals surface area contributed by atoms with Crippen molar-refractivity contribution in [2.45, 2.75) is 19.4 Å². The van der Waals surface area contributed by atoms with Crippen LogP contribution in [0.5, 0.6) is 0 Å². The number of likely N-dealkylation sites (tertiary alicyclic amines) is 1. The highest BCUT2D eigenvalue weighted by Gasteiger charge is 2.16. The summed E-state index contributed by atoms with van der Waals surface area (Å²) in [5, 5.41) is 8.66. The van der Waals surface area contributed by atoms with E-state index in [1.54, 1.807) is 6.20 Å². The van der Waals surface area contributed by atoms with Gasteiger partial charge in [0.2, 0.25) is 0 Å². The van der Waals surface area contributed by atoms with Crippen LogP contribution in [0.1, 0.15) is 29.8 Å². The zero-order valence-corrected chi connectivity index (χ0v) is 16.6. The number of hydrogen-bond donors (Lipinski definition) is 3. The lowest BCUT2D eigenvalue weighted by molar-refractivity contribution is 0.331. The van der Waals surface area contributed by atoms with Gasteiger partial charge < -0.3 is 10.7 Å². The largest absolute Gasteiger partial charge is 0.383 e. The maximum absolute atomic E-state index is 8.66. The number of rotatable bonds is 5. The molecule has 1 aromatic carbocycles. The van der Waals surface area contributed by atoms with E-state index in [9.17, 15) is 0 Å². The number of imidazole rings is 1. The summed E-state index contributed by atoms with van der Waals surface area (Å²) in [5.41, 5.74) is 11.6. The number of aromatic nitrogens is 4. The molecule has 0 unspecified atom stereocenters. The van der Waals surface area contributed by atoms with Crippen molar-refractivity contribution < 1.29 is 0 Å². The monoisotopic (exact) mass is 397 g/mol. The number of pyridine rings is 2. The Morgan fingerprint density at radius 1 is 1.07 bits per heavy atom. The molecule has 7 heteroatoms. The Hall–Kier alpha value is -3.58. The number of aromatic amines is 1. The molecule has 7 nitrogen and oxygen atoms in total. The molecule has 150 valence electrons. The van der Waals surface area contributed by atoms with E-state index in [4.69, 9.17) is 11.1 Å². The number of fused-ring (bicyclic) bond motifs is 1. The summed E-state index contributed by atoms with van der Waals surface area (Å²) in [5.74, 6) is 0.785. The second-order valence-electron chi connectivity index (χ2n) is 7.70. The Bertz CT molecular complexity index is 1190. The lowest BCUT2D eigenvalue weighted by Gasteiger charge is -2.15. The highest BCUT2D eigenvalue weighted by molar-refractivity contribution is 6.12. The lowest BCUT2D eigenvalue weighted by Crippen LogP contribution is -2.18. The van der Waals surface area contributed by atoms with Crippen LogP contribution in [0.15, 0.2) is 55.0 Å². The molecule has 0 saturated carbocycles. The molecule has 5 rings (SSSR count). The van der Waals surface area contributed by atoms with Crippen LogP contribution in [0.4, 0.5) is 5.82 Å². The zero-order chi connectivity index (χ0) is 20.5. The lowest BCUT2D eigenvalue weighted by atomic mass is 10.0. The smallest absolute Gasteiger partial charge is 0.157 e. The normalized spacial score (nSPS) is 14.4. The SMILES string of the molecule is N=C(c1nc2ccccc2[nH]1)c1cc(-c2cncc(CN3CCCC3)c2)cnc1N. The Kier molecular flexibility index (Phi) is 4.72. The molecule has 4 N–H and O–H groups in total. The van der Waals surface area contributed by atoms with E-state index in [1.165, 1.54) is 18.4 Å². The summed E-state index contributed by atoms with van der Waals surface area (Å²) in [6.07, 6.45) is 8.02. The van der Waals surface area contributed by atoms with E-state index >= 15 is 0 Å². The van der Waals surface area contributed by atoms with Gasteiger partial charge in [-0.15, -0.1) is 0 Å². The molecule has 30 heavy (non-hydrogen) atoms. The van der Waals surface area contributed by atoms with Gasteiger partial charge in [0.25, 0.3) is 0 Å². The fourth-order valence-corrected chi connectivity index (χ4v) is 3.96. The maximum atomic E-state index is 8.66. The Morgan fingerprint density at radius 2 is 1.87 bits per heavy atom. The van der Waals surface area contributed by atoms with Crippen molar-refractivity contribution in [3.05, 3.63) is 71.9 Å². The standard InChI is InChI=1S/C23H23N7/c24-21(23-28-19-5-1-2-6-20(19)29-23)18-10-17(13-27-22(18)25)16-9-15(11-26-12-16)14-30-7-3-4-8-30/h1-2,5-6,9-13,24H,3-4,7-8,14H2,(H2,25,27)(H,28,29). The molecule has 0 bridgehead atoms. The van der Waals surface area contributed by atoms with Crippen molar-refractivity contribution in [1.82, 2.24) is 24.8 Å². The molecular weight excluding hydrogens is 374 g/mol. The van der Waals surface area contributed by atoms with Crippen molar-refractivity contribution >= 4 is 22.6 Å². The van der Waals surface area contributed by atoms with E-state index in [-0.39, 0.29) is 5.71 Å². The molecule has 3 aromatic heterocycles. The molecular formula is C23H23N7. The number of nitrogens with one attached hydrogen (secondary N) is 2. The molecule has 1 aliphatic heterocycles. The molecule has 0 amide bonds. The molecule has 0 atom stereocenters. The minimum absolute atomic E-state index is 0.222. The minimum Gasteiger partial charge on any atom is -0.383 e. The summed E-state index contributed by atoms with van der Waals surface area (Å²) < 4.78 is 0. The van der Waals surface area contributed by atoms with E-state index < -0.39 is 0 Å². The number of nitrogens with zero attached hydrogens (tertiary/aromatic N) is 4. The van der Waals surface area contributed by atoms with Gasteiger partial charge in [-0.05, 0) is 55.8 Å². The van der Waals surface area contributed by atoms with Crippen LogP contribution in [0.2, 0.25) is 0 Å². The highest BCUT2D eigenvalue weighted by atomic mass is 15.1. The Labute approximate surface area is 174 Å². The molecule has 0 spiro atoms. The van der Waals surface area contributed by atoms with Gasteiger partial charge in [0.1, 0.15) is 11.5 Å². The fourth-order valence-electron chi connectivity index (χ4n) is 3.96. The second kappa shape index (κ2) is 7.68. The average molecular weight is 397 g/mol. The first kappa shape index (κ1) is 18.4. The number of nitrogen functional groups attached to an aromatic ring is 1. The first-order valence-electron chi connectivity index (χ1n) is 10.1. The summed E-state index contributed by atoms with van der Waals surface area (Å²) in [6, 6.07) is 11.8. The second-order valence-corrected chi connectivity index (χ2v) is 7.70. The topological polar surface area (TPSA) is 108 Å². The van der Waals surface area contributed by atoms with Gasteiger partial charge in [-0.3, -0.25) is 15.3 Å². The van der Waals surface area contributed by atoms with E-state index in [0.29, 0.717) is 17.2 Å². The third-order valence-corrected chi connectivity index (χ3v) is 5.55. The number of nitrogens with two attached hydrogens (primary N) is 1. The van der Waals surface area contributed by atoms with Crippen LogP contribution in [0.3, 0.4) is 0 Å². The molecule has 1 aliphatic rings. The third kappa shape index (κ3) is 3.55. The summed E-state index contributed by atoms with van der Waals surface area (Å²) >= 11 is 0. The molecule has 4 heterocycles. The third-order valence-electron chi connectivity index (χ3n) is 5.55. The van der Waals surface area contributed by atoms with Crippen LogP contribution < -0.4 is 5.73 Å². The number of para-hydroxylation sites is 2. The van der Waals surface area contributed by atoms with Crippen molar-refractivity contribution in [2.24, 2.45) is 0 Å². The first-order chi connectivity index (χ1) is 14.7. The molecule has 1 fully saturated rings. The molecule has 1 saturated heterocycles. The van der Waals surface area contributed by atoms with Crippen LogP contribution in [0, 0.1) is 5.41 Å². The van der Waals surface area contributed by atoms with Crippen molar-refractivity contribution in [3.8, 4) is 11.1 Å². The van der Waals surface area contributed by atoms with Gasteiger partial charge in [0.05, 0.1) is 11.0 Å². The zero-order valence-electron chi connectivity index (χ0n) is 16.6. The van der Waals surface area contributed by atoms with Gasteiger partial charge in [-0.25, -0.2) is 9.97 Å². The summed E-state index contributed by atoms with van der Waals surface area (Å²) in [7, 11) is 0. The van der Waals surface area contributed by atoms with Crippen LogP contribution in [0.25, 0.3) is 22.2 Å². The molecule has 0 radical (unpaired) electrons. The van der Waals surface area contributed by atoms with Gasteiger partial charge in [-0.1, -0.05) is 12.1 Å². The number of H-pyrrole nitrogens is 1. The Balaban J connectivity index is 1.46. The number of hydrogen-bond acceptors (Lipinski definition) is 6. The summed E-state index contributed by atoms with van der Waals surface area (Å²) in [6.45, 7) is 3.20. The van der Waals surface area contributed by atoms with Crippen molar-refractivity contribution in [2.75, 3.05) is 18.8 Å². The average Bonchev–Trinajstić information content (AvgIpc) is 3.43. The van der Waals surface area contributed by atoms with Gasteiger partial charge >= 0.3 is 0 Å².